The maximum atomic E-state index is 12.0. The van der Waals surface area contributed by atoms with E-state index in [4.69, 9.17) is 16.2 Å². The van der Waals surface area contributed by atoms with Crippen molar-refractivity contribution < 1.29 is 14.3 Å². The van der Waals surface area contributed by atoms with E-state index in [-0.39, 0.29) is 12.0 Å². The van der Waals surface area contributed by atoms with E-state index in [0.717, 1.165) is 6.42 Å². The van der Waals surface area contributed by atoms with Crippen LogP contribution in [0, 0.1) is 0 Å². The molecule has 7 heteroatoms. The minimum atomic E-state index is -0.654. The average molecular weight is 278 g/mol. The second kappa shape index (κ2) is 6.36. The summed E-state index contributed by atoms with van der Waals surface area (Å²) in [4.78, 5) is 22.8. The largest absolute Gasteiger partial charge is 0.364 e. The molecule has 2 atom stereocenters. The van der Waals surface area contributed by atoms with Crippen molar-refractivity contribution in [2.45, 2.75) is 25.0 Å². The Bertz CT molecular complexity index is 506. The number of carbonyl (C=O) groups excluding carboxylic acids is 2. The Hall–Kier alpha value is -2.12. The first-order chi connectivity index (χ1) is 9.58. The Morgan fingerprint density at radius 2 is 1.95 bits per heavy atom. The van der Waals surface area contributed by atoms with Crippen LogP contribution in [0.1, 0.15) is 12.8 Å². The quantitative estimate of drug-likeness (QED) is 0.645. The van der Waals surface area contributed by atoms with Gasteiger partial charge in [0.25, 0.3) is 5.91 Å². The summed E-state index contributed by atoms with van der Waals surface area (Å²) in [6.45, 7) is 0.418. The van der Waals surface area contributed by atoms with E-state index < -0.39 is 12.1 Å². The highest BCUT2D eigenvalue weighted by atomic mass is 16.5. The molecule has 20 heavy (non-hydrogen) atoms. The summed E-state index contributed by atoms with van der Waals surface area (Å²) in [6.07, 6.45) is 0.926. The maximum absolute atomic E-state index is 12.0. The van der Waals surface area contributed by atoms with Crippen LogP contribution in [0.2, 0.25) is 0 Å². The van der Waals surface area contributed by atoms with Crippen molar-refractivity contribution in [3.8, 4) is 0 Å². The molecule has 1 aliphatic rings. The fourth-order valence-corrected chi connectivity index (χ4v) is 2.11. The number of nitrogens with two attached hydrogens (primary N) is 2. The van der Waals surface area contributed by atoms with Crippen molar-refractivity contribution in [2.24, 2.45) is 11.5 Å². The third-order valence-electron chi connectivity index (χ3n) is 3.06. The molecule has 0 spiro atoms. The van der Waals surface area contributed by atoms with Gasteiger partial charge in [-0.05, 0) is 31.0 Å². The highest BCUT2D eigenvalue weighted by Gasteiger charge is 2.29. The van der Waals surface area contributed by atoms with Gasteiger partial charge in [0.1, 0.15) is 6.10 Å². The molecule has 1 aromatic carbocycles. The summed E-state index contributed by atoms with van der Waals surface area (Å²) >= 11 is 0. The molecule has 1 heterocycles. The molecule has 6 N–H and O–H groups in total. The predicted molar refractivity (Wildman–Crippen MR) is 75.2 cm³/mol. The second-order valence-corrected chi connectivity index (χ2v) is 4.62. The molecule has 2 rings (SSSR count). The number of ether oxygens (including phenoxy) is 1. The number of urea groups is 1. The number of hydrogen-bond donors (Lipinski definition) is 4. The molecule has 0 aliphatic carbocycles. The summed E-state index contributed by atoms with van der Waals surface area (Å²) in [6, 6.07) is 6.08. The van der Waals surface area contributed by atoms with Crippen molar-refractivity contribution in [3.63, 3.8) is 0 Å². The highest BCUT2D eigenvalue weighted by Crippen LogP contribution is 2.21. The molecular formula is C13H18N4O3. The molecule has 0 bridgehead atoms. The van der Waals surface area contributed by atoms with Crippen LogP contribution in [-0.4, -0.2) is 30.7 Å². The summed E-state index contributed by atoms with van der Waals surface area (Å²) in [5.41, 5.74) is 11.6. The fraction of sp³-hybridized carbons (Fsp3) is 0.385. The first-order valence-corrected chi connectivity index (χ1v) is 6.41. The number of nitrogens with one attached hydrogen (secondary N) is 2. The number of rotatable bonds is 4. The van der Waals surface area contributed by atoms with Crippen molar-refractivity contribution in [2.75, 3.05) is 17.2 Å². The second-order valence-electron chi connectivity index (χ2n) is 4.62. The van der Waals surface area contributed by atoms with Crippen LogP contribution in [-0.2, 0) is 9.53 Å². The monoisotopic (exact) mass is 278 g/mol. The lowest BCUT2D eigenvalue weighted by atomic mass is 10.2. The molecule has 1 aliphatic heterocycles. The van der Waals surface area contributed by atoms with Crippen molar-refractivity contribution in [1.29, 1.82) is 0 Å². The number of primary amides is 1. The van der Waals surface area contributed by atoms with Gasteiger partial charge in [0.15, 0.2) is 0 Å². The Balaban J connectivity index is 1.96. The highest BCUT2D eigenvalue weighted by molar-refractivity contribution is 5.95. The molecule has 2 unspecified atom stereocenters. The zero-order chi connectivity index (χ0) is 14.5. The first-order valence-electron chi connectivity index (χ1n) is 6.41. The lowest BCUT2D eigenvalue weighted by Gasteiger charge is -2.13. The van der Waals surface area contributed by atoms with Gasteiger partial charge in [0.2, 0.25) is 0 Å². The normalized spacial score (nSPS) is 21.4. The first kappa shape index (κ1) is 14.3. The standard InChI is InChI=1S/C13H18N4O3/c14-7-10-4-5-11(20-10)12(18)16-8-2-1-3-9(6-8)17-13(15)19/h1-3,6,10-11H,4-5,7,14H2,(H,16,18)(H3,15,17,19). The molecule has 0 aromatic heterocycles. The Kier molecular flexibility index (Phi) is 4.54. The molecule has 1 saturated heterocycles. The fourth-order valence-electron chi connectivity index (χ4n) is 2.11. The molecule has 108 valence electrons. The van der Waals surface area contributed by atoms with E-state index in [1.54, 1.807) is 24.3 Å². The van der Waals surface area contributed by atoms with Crippen LogP contribution in [0.4, 0.5) is 16.2 Å². The van der Waals surface area contributed by atoms with Gasteiger partial charge in [-0.15, -0.1) is 0 Å². The van der Waals surface area contributed by atoms with Gasteiger partial charge in [0, 0.05) is 17.9 Å². The lowest BCUT2D eigenvalue weighted by Crippen LogP contribution is -2.29. The van der Waals surface area contributed by atoms with E-state index in [0.29, 0.717) is 24.3 Å². The average Bonchev–Trinajstić information content (AvgIpc) is 2.87. The van der Waals surface area contributed by atoms with Crippen molar-refractivity contribution in [1.82, 2.24) is 0 Å². The number of hydrogen-bond acceptors (Lipinski definition) is 4. The van der Waals surface area contributed by atoms with Crippen LogP contribution in [0.5, 0.6) is 0 Å². The van der Waals surface area contributed by atoms with Gasteiger partial charge in [0.05, 0.1) is 6.10 Å². The number of anilines is 2. The van der Waals surface area contributed by atoms with Gasteiger partial charge in [-0.2, -0.15) is 0 Å². The minimum Gasteiger partial charge on any atom is -0.364 e. The molecule has 1 aromatic rings. The van der Waals surface area contributed by atoms with Gasteiger partial charge < -0.3 is 26.8 Å². The summed E-state index contributed by atoms with van der Waals surface area (Å²) in [5, 5.41) is 5.19. The SMILES string of the molecule is NCC1CCC(C(=O)Nc2cccc(NC(N)=O)c2)O1. The van der Waals surface area contributed by atoms with E-state index in [1.165, 1.54) is 0 Å². The molecule has 7 nitrogen and oxygen atoms in total. The van der Waals surface area contributed by atoms with Crippen molar-refractivity contribution in [3.05, 3.63) is 24.3 Å². The van der Waals surface area contributed by atoms with Gasteiger partial charge in [-0.25, -0.2) is 4.79 Å². The van der Waals surface area contributed by atoms with E-state index in [9.17, 15) is 9.59 Å². The zero-order valence-corrected chi connectivity index (χ0v) is 11.0. The Labute approximate surface area is 116 Å². The predicted octanol–water partition coefficient (Wildman–Crippen LogP) is 0.622. The van der Waals surface area contributed by atoms with Crippen LogP contribution in [0.25, 0.3) is 0 Å². The van der Waals surface area contributed by atoms with E-state index in [2.05, 4.69) is 10.6 Å². The van der Waals surface area contributed by atoms with Crippen LogP contribution in [0.15, 0.2) is 24.3 Å². The molecular weight excluding hydrogens is 260 g/mol. The topological polar surface area (TPSA) is 119 Å². The number of benzene rings is 1. The Morgan fingerprint density at radius 3 is 2.55 bits per heavy atom. The minimum absolute atomic E-state index is 0.0476. The summed E-state index contributed by atoms with van der Waals surface area (Å²) in [5.74, 6) is -0.211. The smallest absolute Gasteiger partial charge is 0.316 e. The summed E-state index contributed by atoms with van der Waals surface area (Å²) < 4.78 is 5.51. The third-order valence-corrected chi connectivity index (χ3v) is 3.06. The number of carbonyl (C=O) groups is 2. The Morgan fingerprint density at radius 1 is 1.25 bits per heavy atom. The van der Waals surface area contributed by atoms with E-state index in [1.807, 2.05) is 0 Å². The molecule has 0 radical (unpaired) electrons. The van der Waals surface area contributed by atoms with Gasteiger partial charge >= 0.3 is 6.03 Å². The van der Waals surface area contributed by atoms with Crippen LogP contribution >= 0.6 is 0 Å². The van der Waals surface area contributed by atoms with Gasteiger partial charge in [-0.3, -0.25) is 4.79 Å². The maximum Gasteiger partial charge on any atom is 0.316 e. The molecule has 3 amide bonds. The van der Waals surface area contributed by atoms with E-state index >= 15 is 0 Å². The lowest BCUT2D eigenvalue weighted by molar-refractivity contribution is -0.126. The van der Waals surface area contributed by atoms with Crippen molar-refractivity contribution >= 4 is 23.3 Å². The van der Waals surface area contributed by atoms with Crippen LogP contribution < -0.4 is 22.1 Å². The third kappa shape index (κ3) is 3.69. The van der Waals surface area contributed by atoms with Crippen LogP contribution in [0.3, 0.4) is 0 Å². The summed E-state index contributed by atoms with van der Waals surface area (Å²) in [7, 11) is 0. The molecule has 0 saturated carbocycles. The zero-order valence-electron chi connectivity index (χ0n) is 11.0. The van der Waals surface area contributed by atoms with Gasteiger partial charge in [-0.1, -0.05) is 6.07 Å². The number of amides is 3. The molecule has 1 fully saturated rings.